The Morgan fingerprint density at radius 1 is 1.25 bits per heavy atom. The number of likely N-dealkylation sites (N-methyl/N-ethyl adjacent to an activating group) is 1. The van der Waals surface area contributed by atoms with Gasteiger partial charge >= 0.3 is 0 Å². The minimum Gasteiger partial charge on any atom is -0.338 e. The highest BCUT2D eigenvalue weighted by Gasteiger charge is 2.24. The number of rotatable bonds is 5. The fourth-order valence-corrected chi connectivity index (χ4v) is 2.72. The van der Waals surface area contributed by atoms with Gasteiger partial charge in [0.05, 0.1) is 0 Å². The molecule has 1 aromatic heterocycles. The van der Waals surface area contributed by atoms with Crippen LogP contribution in [0.3, 0.4) is 0 Å². The minimum absolute atomic E-state index is 0.614. The molecule has 1 aliphatic carbocycles. The fraction of sp³-hybridized carbons (Fsp3) is 0.733. The van der Waals surface area contributed by atoms with Gasteiger partial charge in [-0.05, 0) is 26.3 Å². The third kappa shape index (κ3) is 3.27. The van der Waals surface area contributed by atoms with E-state index in [0.29, 0.717) is 6.04 Å². The van der Waals surface area contributed by atoms with Crippen molar-refractivity contribution in [2.24, 2.45) is 0 Å². The van der Waals surface area contributed by atoms with Gasteiger partial charge in [0.1, 0.15) is 0 Å². The van der Waals surface area contributed by atoms with Crippen molar-refractivity contribution < 1.29 is 0 Å². The topological polar surface area (TPSA) is 44.3 Å². The Balaban J connectivity index is 1.58. The molecule has 3 rings (SSSR count). The average molecular weight is 275 g/mol. The number of hydrogen-bond donors (Lipinski definition) is 1. The van der Waals surface area contributed by atoms with Crippen molar-refractivity contribution in [2.45, 2.75) is 44.8 Å². The van der Waals surface area contributed by atoms with E-state index in [9.17, 15) is 0 Å². The lowest BCUT2D eigenvalue weighted by Crippen LogP contribution is -2.51. The molecule has 2 fully saturated rings. The third-order valence-electron chi connectivity index (χ3n) is 4.40. The molecule has 1 aliphatic heterocycles. The Bertz CT molecular complexity index is 428. The van der Waals surface area contributed by atoms with Gasteiger partial charge in [-0.1, -0.05) is 6.92 Å². The molecule has 2 aliphatic rings. The second-order valence-corrected chi connectivity index (χ2v) is 6.04. The molecule has 1 unspecified atom stereocenters. The summed E-state index contributed by atoms with van der Waals surface area (Å²) < 4.78 is 0. The molecular weight excluding hydrogens is 250 g/mol. The van der Waals surface area contributed by atoms with E-state index in [0.717, 1.165) is 38.2 Å². The van der Waals surface area contributed by atoms with Crippen LogP contribution < -0.4 is 10.2 Å². The molecule has 5 nitrogen and oxygen atoms in total. The summed E-state index contributed by atoms with van der Waals surface area (Å²) >= 11 is 0. The first-order valence-corrected chi connectivity index (χ1v) is 7.75. The van der Waals surface area contributed by atoms with Crippen LogP contribution in [0.4, 0.5) is 5.95 Å². The average Bonchev–Trinajstić information content (AvgIpc) is 3.30. The van der Waals surface area contributed by atoms with Crippen LogP contribution in [-0.2, 0) is 6.54 Å². The summed E-state index contributed by atoms with van der Waals surface area (Å²) in [4.78, 5) is 13.8. The molecule has 0 spiro atoms. The van der Waals surface area contributed by atoms with Gasteiger partial charge in [0.25, 0.3) is 0 Å². The van der Waals surface area contributed by atoms with E-state index < -0.39 is 0 Å². The smallest absolute Gasteiger partial charge is 0.225 e. The van der Waals surface area contributed by atoms with Crippen LogP contribution in [0.1, 0.15) is 31.7 Å². The van der Waals surface area contributed by atoms with Crippen molar-refractivity contribution in [3.63, 3.8) is 0 Å². The Morgan fingerprint density at radius 2 is 2.00 bits per heavy atom. The number of nitrogens with one attached hydrogen (secondary N) is 1. The number of aromatic nitrogens is 2. The summed E-state index contributed by atoms with van der Waals surface area (Å²) in [6.07, 6.45) is 7.75. The van der Waals surface area contributed by atoms with Crippen LogP contribution in [0, 0.1) is 0 Å². The monoisotopic (exact) mass is 275 g/mol. The van der Waals surface area contributed by atoms with Gasteiger partial charge in [0, 0.05) is 56.2 Å². The van der Waals surface area contributed by atoms with Crippen molar-refractivity contribution >= 4 is 5.95 Å². The molecule has 0 radical (unpaired) electrons. The number of hydrogen-bond acceptors (Lipinski definition) is 5. The van der Waals surface area contributed by atoms with Crippen LogP contribution in [-0.4, -0.2) is 53.6 Å². The zero-order valence-electron chi connectivity index (χ0n) is 12.5. The van der Waals surface area contributed by atoms with Crippen molar-refractivity contribution in [1.82, 2.24) is 20.2 Å². The van der Waals surface area contributed by atoms with E-state index in [4.69, 9.17) is 0 Å². The Labute approximate surface area is 121 Å². The molecule has 0 aromatic carbocycles. The van der Waals surface area contributed by atoms with Crippen LogP contribution in [0.25, 0.3) is 0 Å². The molecule has 0 bridgehead atoms. The molecule has 1 atom stereocenters. The second kappa shape index (κ2) is 6.06. The number of piperazine rings is 1. The first-order valence-electron chi connectivity index (χ1n) is 7.75. The molecule has 20 heavy (non-hydrogen) atoms. The maximum Gasteiger partial charge on any atom is 0.225 e. The summed E-state index contributed by atoms with van der Waals surface area (Å²) in [5.41, 5.74) is 1.18. The van der Waals surface area contributed by atoms with Gasteiger partial charge in [-0.2, -0.15) is 0 Å². The van der Waals surface area contributed by atoms with E-state index in [2.05, 4.69) is 39.1 Å². The second-order valence-electron chi connectivity index (χ2n) is 6.04. The molecule has 5 heteroatoms. The minimum atomic E-state index is 0.614. The number of nitrogens with zero attached hydrogens (tertiary/aromatic N) is 4. The predicted octanol–water partition coefficient (Wildman–Crippen LogP) is 1.26. The Hall–Kier alpha value is -1.20. The quantitative estimate of drug-likeness (QED) is 0.876. The molecule has 1 N–H and O–H groups in total. The Morgan fingerprint density at radius 3 is 2.65 bits per heavy atom. The highest BCUT2D eigenvalue weighted by molar-refractivity contribution is 5.31. The van der Waals surface area contributed by atoms with Crippen LogP contribution in [0.2, 0.25) is 0 Å². The van der Waals surface area contributed by atoms with E-state index in [-0.39, 0.29) is 0 Å². The van der Waals surface area contributed by atoms with Gasteiger partial charge in [-0.25, -0.2) is 9.97 Å². The van der Waals surface area contributed by atoms with Crippen molar-refractivity contribution in [3.05, 3.63) is 18.0 Å². The molecule has 2 heterocycles. The third-order valence-corrected chi connectivity index (χ3v) is 4.40. The fourth-order valence-electron chi connectivity index (χ4n) is 2.72. The van der Waals surface area contributed by atoms with E-state index >= 15 is 0 Å². The standard InChI is InChI=1S/C15H25N5/c1-3-14-11-20(7-6-19(14)2)15-17-9-12(10-18-15)8-16-13-4-5-13/h9-10,13-14,16H,3-8,11H2,1-2H3. The molecule has 0 amide bonds. The van der Waals surface area contributed by atoms with Crippen molar-refractivity contribution in [1.29, 1.82) is 0 Å². The molecule has 1 saturated heterocycles. The normalized spacial score (nSPS) is 24.1. The van der Waals surface area contributed by atoms with Crippen molar-refractivity contribution in [3.8, 4) is 0 Å². The van der Waals surface area contributed by atoms with Crippen molar-refractivity contribution in [2.75, 3.05) is 31.6 Å². The van der Waals surface area contributed by atoms with Gasteiger partial charge < -0.3 is 10.2 Å². The zero-order chi connectivity index (χ0) is 13.9. The van der Waals surface area contributed by atoms with Gasteiger partial charge in [-0.15, -0.1) is 0 Å². The highest BCUT2D eigenvalue weighted by Crippen LogP contribution is 2.19. The summed E-state index contributed by atoms with van der Waals surface area (Å²) in [5, 5.41) is 3.49. The van der Waals surface area contributed by atoms with Gasteiger partial charge in [0.15, 0.2) is 0 Å². The maximum atomic E-state index is 4.55. The van der Waals surface area contributed by atoms with Crippen LogP contribution in [0.15, 0.2) is 12.4 Å². The highest BCUT2D eigenvalue weighted by atomic mass is 15.3. The molecule has 110 valence electrons. The van der Waals surface area contributed by atoms with Crippen LogP contribution in [0.5, 0.6) is 0 Å². The molecular formula is C15H25N5. The van der Waals surface area contributed by atoms with E-state index in [1.807, 2.05) is 12.4 Å². The van der Waals surface area contributed by atoms with E-state index in [1.54, 1.807) is 0 Å². The predicted molar refractivity (Wildman–Crippen MR) is 80.8 cm³/mol. The SMILES string of the molecule is CCC1CN(c2ncc(CNC3CC3)cn2)CCN1C. The number of anilines is 1. The van der Waals surface area contributed by atoms with Gasteiger partial charge in [0.2, 0.25) is 5.95 Å². The largest absolute Gasteiger partial charge is 0.338 e. The van der Waals surface area contributed by atoms with Gasteiger partial charge in [-0.3, -0.25) is 4.90 Å². The molecule has 1 aromatic rings. The lowest BCUT2D eigenvalue weighted by Gasteiger charge is -2.39. The first kappa shape index (κ1) is 13.8. The summed E-state index contributed by atoms with van der Waals surface area (Å²) in [7, 11) is 2.21. The lowest BCUT2D eigenvalue weighted by atomic mass is 10.1. The van der Waals surface area contributed by atoms with E-state index in [1.165, 1.54) is 24.8 Å². The first-order chi connectivity index (χ1) is 9.76. The van der Waals surface area contributed by atoms with Crippen LogP contribution >= 0.6 is 0 Å². The Kier molecular flexibility index (Phi) is 4.17. The summed E-state index contributed by atoms with van der Waals surface area (Å²) in [6, 6.07) is 1.35. The lowest BCUT2D eigenvalue weighted by molar-refractivity contribution is 0.212. The maximum absolute atomic E-state index is 4.55. The zero-order valence-corrected chi connectivity index (χ0v) is 12.5. The molecule has 1 saturated carbocycles. The summed E-state index contributed by atoms with van der Waals surface area (Å²) in [5.74, 6) is 0.881. The summed E-state index contributed by atoms with van der Waals surface area (Å²) in [6.45, 7) is 6.29.